The van der Waals surface area contributed by atoms with Crippen LogP contribution in [0.3, 0.4) is 0 Å². The van der Waals surface area contributed by atoms with E-state index in [2.05, 4.69) is 38.1 Å². The number of nitrogens with two attached hydrogens (primary N) is 1. The van der Waals surface area contributed by atoms with Crippen LogP contribution in [0, 0.1) is 19.8 Å². The molecule has 0 saturated heterocycles. The van der Waals surface area contributed by atoms with Crippen LogP contribution >= 0.6 is 23.1 Å². The zero-order valence-corrected chi connectivity index (χ0v) is 12.8. The molecule has 0 amide bonds. The molecule has 1 atom stereocenters. The van der Waals surface area contributed by atoms with Crippen molar-refractivity contribution >= 4 is 23.1 Å². The van der Waals surface area contributed by atoms with Gasteiger partial charge in [-0.1, -0.05) is 13.8 Å². The number of thioether (sulfide) groups is 1. The molecule has 5 heteroatoms. The van der Waals surface area contributed by atoms with E-state index in [1.807, 2.05) is 11.8 Å². The first-order valence-corrected chi connectivity index (χ1v) is 7.96. The topological polar surface area (TPSA) is 50.9 Å². The minimum absolute atomic E-state index is 0.323. The molecule has 1 aromatic heterocycles. The molecule has 1 rings (SSSR count). The van der Waals surface area contributed by atoms with Gasteiger partial charge < -0.3 is 0 Å². The average molecular weight is 273 g/mol. The molecule has 3 nitrogen and oxygen atoms in total. The van der Waals surface area contributed by atoms with E-state index in [1.165, 1.54) is 15.6 Å². The van der Waals surface area contributed by atoms with Gasteiger partial charge in [-0.15, -0.1) is 11.3 Å². The molecule has 98 valence electrons. The number of hydrogen-bond donors (Lipinski definition) is 2. The van der Waals surface area contributed by atoms with Crippen molar-refractivity contribution in [3.8, 4) is 0 Å². The number of nitrogens with one attached hydrogen (secondary N) is 1. The van der Waals surface area contributed by atoms with E-state index in [4.69, 9.17) is 5.84 Å². The molecule has 0 saturated carbocycles. The van der Waals surface area contributed by atoms with Crippen LogP contribution in [0.5, 0.6) is 0 Å². The quantitative estimate of drug-likeness (QED) is 0.592. The molecule has 0 aliphatic heterocycles. The van der Waals surface area contributed by atoms with Crippen LogP contribution in [0.1, 0.15) is 29.4 Å². The Bertz CT molecular complexity index is 317. The zero-order valence-electron chi connectivity index (χ0n) is 11.1. The number of aromatic nitrogens is 1. The normalized spacial score (nSPS) is 13.3. The summed E-state index contributed by atoms with van der Waals surface area (Å²) in [5, 5.41) is 1.19. The summed E-state index contributed by atoms with van der Waals surface area (Å²) in [6.07, 6.45) is 0.931. The number of nitrogens with zero attached hydrogens (tertiary/aromatic N) is 1. The van der Waals surface area contributed by atoms with E-state index in [-0.39, 0.29) is 0 Å². The third-order valence-electron chi connectivity index (χ3n) is 2.50. The largest absolute Gasteiger partial charge is 0.271 e. The minimum Gasteiger partial charge on any atom is -0.271 e. The van der Waals surface area contributed by atoms with Crippen molar-refractivity contribution in [1.29, 1.82) is 0 Å². The van der Waals surface area contributed by atoms with Crippen LogP contribution in [0.4, 0.5) is 0 Å². The first-order chi connectivity index (χ1) is 8.02. The average Bonchev–Trinajstić information content (AvgIpc) is 2.56. The fourth-order valence-corrected chi connectivity index (χ4v) is 3.57. The highest BCUT2D eigenvalue weighted by atomic mass is 32.2. The lowest BCUT2D eigenvalue weighted by Gasteiger charge is -2.14. The second-order valence-corrected chi connectivity index (χ2v) is 7.11. The van der Waals surface area contributed by atoms with Gasteiger partial charge in [0.05, 0.1) is 10.7 Å². The van der Waals surface area contributed by atoms with Gasteiger partial charge in [-0.25, -0.2) is 4.98 Å². The fraction of sp³-hybridized carbons (Fsp3) is 0.750. The first-order valence-electron chi connectivity index (χ1n) is 5.99. The molecule has 0 aromatic carbocycles. The molecule has 3 N–H and O–H groups in total. The maximum atomic E-state index is 5.60. The SMILES string of the molecule is Cc1nc(CC(CSCC(C)C)NN)sc1C. The van der Waals surface area contributed by atoms with Crippen LogP contribution < -0.4 is 11.3 Å². The van der Waals surface area contributed by atoms with E-state index in [9.17, 15) is 0 Å². The molecule has 17 heavy (non-hydrogen) atoms. The molecular formula is C12H23N3S2. The summed E-state index contributed by atoms with van der Waals surface area (Å²) in [7, 11) is 0. The molecule has 0 bridgehead atoms. The molecule has 0 aliphatic rings. The van der Waals surface area contributed by atoms with Gasteiger partial charge in [-0.2, -0.15) is 11.8 Å². The van der Waals surface area contributed by atoms with Crippen molar-refractivity contribution in [2.45, 2.75) is 40.2 Å². The van der Waals surface area contributed by atoms with Crippen LogP contribution in [0.15, 0.2) is 0 Å². The molecule has 1 unspecified atom stereocenters. The molecule has 1 heterocycles. The third kappa shape index (κ3) is 5.38. The summed E-state index contributed by atoms with van der Waals surface area (Å²) in [6, 6.07) is 0.323. The number of rotatable bonds is 7. The van der Waals surface area contributed by atoms with Gasteiger partial charge in [-0.3, -0.25) is 11.3 Å². The third-order valence-corrected chi connectivity index (χ3v) is 5.14. The van der Waals surface area contributed by atoms with Crippen molar-refractivity contribution < 1.29 is 0 Å². The Morgan fingerprint density at radius 1 is 1.35 bits per heavy atom. The fourth-order valence-electron chi connectivity index (χ4n) is 1.45. The second-order valence-electron chi connectivity index (χ2n) is 4.75. The standard InChI is InChI=1S/C12H23N3S2/c1-8(2)6-16-7-11(15-13)5-12-14-9(3)10(4)17-12/h8,11,15H,5-7,13H2,1-4H3. The smallest absolute Gasteiger partial charge is 0.0947 e. The minimum atomic E-state index is 0.323. The van der Waals surface area contributed by atoms with Crippen molar-refractivity contribution in [2.75, 3.05) is 11.5 Å². The van der Waals surface area contributed by atoms with Gasteiger partial charge in [0.2, 0.25) is 0 Å². The van der Waals surface area contributed by atoms with Crippen molar-refractivity contribution in [3.63, 3.8) is 0 Å². The highest BCUT2D eigenvalue weighted by Crippen LogP contribution is 2.19. The summed E-state index contributed by atoms with van der Waals surface area (Å²) in [5.74, 6) is 8.57. The lowest BCUT2D eigenvalue weighted by atomic mass is 10.2. The van der Waals surface area contributed by atoms with Crippen LogP contribution in [0.25, 0.3) is 0 Å². The summed E-state index contributed by atoms with van der Waals surface area (Å²) in [4.78, 5) is 5.87. The van der Waals surface area contributed by atoms with E-state index in [0.717, 1.165) is 23.8 Å². The number of aryl methyl sites for hydroxylation is 2. The molecular weight excluding hydrogens is 250 g/mol. The lowest BCUT2D eigenvalue weighted by Crippen LogP contribution is -2.38. The lowest BCUT2D eigenvalue weighted by molar-refractivity contribution is 0.573. The van der Waals surface area contributed by atoms with Gasteiger partial charge in [0, 0.05) is 23.1 Å². The van der Waals surface area contributed by atoms with Gasteiger partial charge in [0.15, 0.2) is 0 Å². The zero-order chi connectivity index (χ0) is 12.8. The van der Waals surface area contributed by atoms with Crippen molar-refractivity contribution in [2.24, 2.45) is 11.8 Å². The summed E-state index contributed by atoms with van der Waals surface area (Å²) in [5.41, 5.74) is 4.05. The van der Waals surface area contributed by atoms with Crippen LogP contribution in [-0.4, -0.2) is 22.5 Å². The predicted octanol–water partition coefficient (Wildman–Crippen LogP) is 2.52. The molecule has 0 spiro atoms. The maximum Gasteiger partial charge on any atom is 0.0947 e. The Labute approximate surface area is 113 Å². The highest BCUT2D eigenvalue weighted by Gasteiger charge is 2.12. The van der Waals surface area contributed by atoms with Crippen molar-refractivity contribution in [3.05, 3.63) is 15.6 Å². The van der Waals surface area contributed by atoms with E-state index in [1.54, 1.807) is 11.3 Å². The molecule has 0 fully saturated rings. The first kappa shape index (κ1) is 15.0. The maximum absolute atomic E-state index is 5.60. The summed E-state index contributed by atoms with van der Waals surface area (Å²) < 4.78 is 0. The Hall–Kier alpha value is -0.100. The van der Waals surface area contributed by atoms with Gasteiger partial charge in [0.1, 0.15) is 0 Å². The van der Waals surface area contributed by atoms with Gasteiger partial charge >= 0.3 is 0 Å². The van der Waals surface area contributed by atoms with Gasteiger partial charge in [-0.05, 0) is 25.5 Å². The highest BCUT2D eigenvalue weighted by molar-refractivity contribution is 7.99. The number of thiazole rings is 1. The van der Waals surface area contributed by atoms with Crippen LogP contribution in [-0.2, 0) is 6.42 Å². The van der Waals surface area contributed by atoms with Crippen molar-refractivity contribution in [1.82, 2.24) is 10.4 Å². The second kappa shape index (κ2) is 7.36. The Kier molecular flexibility index (Phi) is 6.48. The van der Waals surface area contributed by atoms with Gasteiger partial charge in [0.25, 0.3) is 0 Å². The molecule has 0 radical (unpaired) electrons. The number of hydrazine groups is 1. The summed E-state index contributed by atoms with van der Waals surface area (Å²) in [6.45, 7) is 8.67. The predicted molar refractivity (Wildman–Crippen MR) is 78.6 cm³/mol. The van der Waals surface area contributed by atoms with E-state index < -0.39 is 0 Å². The number of hydrogen-bond acceptors (Lipinski definition) is 5. The van der Waals surface area contributed by atoms with E-state index >= 15 is 0 Å². The Morgan fingerprint density at radius 3 is 2.53 bits per heavy atom. The van der Waals surface area contributed by atoms with Crippen LogP contribution in [0.2, 0.25) is 0 Å². The molecule has 1 aromatic rings. The summed E-state index contributed by atoms with van der Waals surface area (Å²) >= 11 is 3.74. The van der Waals surface area contributed by atoms with E-state index in [0.29, 0.717) is 6.04 Å². The monoisotopic (exact) mass is 273 g/mol. The molecule has 0 aliphatic carbocycles. The Morgan fingerprint density at radius 2 is 2.06 bits per heavy atom. The Balaban J connectivity index is 2.41.